The molecule has 1 atom stereocenters. The number of benzene rings is 2. The fourth-order valence-corrected chi connectivity index (χ4v) is 5.40. The molecule has 42 heavy (non-hydrogen) atoms. The van der Waals surface area contributed by atoms with Crippen molar-refractivity contribution in [3.63, 3.8) is 0 Å². The third kappa shape index (κ3) is 6.02. The molecule has 3 aromatic heterocycles. The molecule has 0 radical (unpaired) electrons. The van der Waals surface area contributed by atoms with Crippen molar-refractivity contribution in [1.29, 1.82) is 5.26 Å². The lowest BCUT2D eigenvalue weighted by atomic mass is 10.1. The van der Waals surface area contributed by atoms with Gasteiger partial charge in [-0.05, 0) is 61.3 Å². The first kappa shape index (κ1) is 27.2. The maximum absolute atomic E-state index is 12.7. The second-order valence-corrected chi connectivity index (χ2v) is 10.8. The van der Waals surface area contributed by atoms with Crippen molar-refractivity contribution in [3.8, 4) is 23.3 Å². The Bertz CT molecular complexity index is 1740. The fraction of sp³-hybridized carbons (Fsp3) is 0.233. The lowest BCUT2D eigenvalue weighted by Gasteiger charge is -2.23. The molecule has 3 N–H and O–H groups in total. The minimum absolute atomic E-state index is 0.235. The lowest BCUT2D eigenvalue weighted by Crippen LogP contribution is -2.38. The molecule has 11 nitrogen and oxygen atoms in total. The van der Waals surface area contributed by atoms with Crippen LogP contribution in [0.3, 0.4) is 0 Å². The Balaban J connectivity index is 1.27. The Morgan fingerprint density at radius 1 is 1.14 bits per heavy atom. The highest BCUT2D eigenvalue weighted by Crippen LogP contribution is 2.35. The molecule has 6 rings (SSSR count). The molecule has 2 aromatic carbocycles. The van der Waals surface area contributed by atoms with Crippen molar-refractivity contribution >= 4 is 39.2 Å². The first-order valence-corrected chi connectivity index (χ1v) is 14.3. The Morgan fingerprint density at radius 3 is 2.67 bits per heavy atom. The van der Waals surface area contributed by atoms with E-state index in [2.05, 4.69) is 25.9 Å². The number of carbonyl (C=O) groups excluding carboxylic acids is 1. The SMILES string of the molecule is COc1ccc(Cn2nc(N[C@@H]3CCCNC3)c3c(Oc4ccc(C(=O)Nc5ncc(C#N)s5)cc4)ccnc32)cc1. The predicted octanol–water partition coefficient (Wildman–Crippen LogP) is 5.02. The third-order valence-electron chi connectivity index (χ3n) is 6.90. The number of carbonyl (C=O) groups is 1. The van der Waals surface area contributed by atoms with Gasteiger partial charge in [-0.15, -0.1) is 0 Å². The zero-order valence-corrected chi connectivity index (χ0v) is 23.6. The van der Waals surface area contributed by atoms with E-state index in [4.69, 9.17) is 19.8 Å². The van der Waals surface area contributed by atoms with Crippen LogP contribution in [0.2, 0.25) is 0 Å². The third-order valence-corrected chi connectivity index (χ3v) is 7.72. The van der Waals surface area contributed by atoms with Crippen molar-refractivity contribution < 1.29 is 14.3 Å². The highest BCUT2D eigenvalue weighted by atomic mass is 32.1. The minimum atomic E-state index is -0.320. The normalized spacial score (nSPS) is 14.7. The van der Waals surface area contributed by atoms with Crippen LogP contribution < -0.4 is 25.4 Å². The number of nitrogens with one attached hydrogen (secondary N) is 3. The smallest absolute Gasteiger partial charge is 0.257 e. The monoisotopic (exact) mass is 580 g/mol. The molecule has 1 amide bonds. The van der Waals surface area contributed by atoms with Gasteiger partial charge in [0, 0.05) is 30.4 Å². The number of nitriles is 1. The number of anilines is 2. The summed E-state index contributed by atoms with van der Waals surface area (Å²) < 4.78 is 13.5. The van der Waals surface area contributed by atoms with Gasteiger partial charge in [-0.1, -0.05) is 23.5 Å². The topological polar surface area (TPSA) is 139 Å². The van der Waals surface area contributed by atoms with E-state index in [1.165, 1.54) is 6.20 Å². The van der Waals surface area contributed by atoms with Gasteiger partial charge in [0.15, 0.2) is 16.6 Å². The van der Waals surface area contributed by atoms with E-state index in [0.29, 0.717) is 45.1 Å². The van der Waals surface area contributed by atoms with E-state index in [1.807, 2.05) is 41.1 Å². The van der Waals surface area contributed by atoms with E-state index < -0.39 is 0 Å². The Morgan fingerprint density at radius 2 is 1.95 bits per heavy atom. The predicted molar refractivity (Wildman–Crippen MR) is 160 cm³/mol. The summed E-state index contributed by atoms with van der Waals surface area (Å²) in [5, 5.41) is 24.8. The van der Waals surface area contributed by atoms with Crippen molar-refractivity contribution in [3.05, 3.63) is 83.0 Å². The van der Waals surface area contributed by atoms with Crippen LogP contribution in [0.15, 0.2) is 67.0 Å². The molecule has 5 aromatic rings. The van der Waals surface area contributed by atoms with E-state index in [1.54, 1.807) is 37.6 Å². The molecule has 1 aliphatic rings. The van der Waals surface area contributed by atoms with Crippen molar-refractivity contribution in [1.82, 2.24) is 25.1 Å². The summed E-state index contributed by atoms with van der Waals surface area (Å²) in [7, 11) is 1.65. The molecular weight excluding hydrogens is 552 g/mol. The molecular formula is C30H28N8O3S. The van der Waals surface area contributed by atoms with Crippen molar-refractivity contribution in [2.45, 2.75) is 25.4 Å². The molecule has 4 heterocycles. The number of thiazole rings is 1. The first-order chi connectivity index (χ1) is 20.6. The number of hydrogen-bond donors (Lipinski definition) is 3. The molecule has 1 saturated heterocycles. The molecule has 1 aliphatic heterocycles. The minimum Gasteiger partial charge on any atom is -0.497 e. The highest BCUT2D eigenvalue weighted by Gasteiger charge is 2.21. The van der Waals surface area contributed by atoms with Crippen molar-refractivity contribution in [2.75, 3.05) is 30.8 Å². The van der Waals surface area contributed by atoms with Gasteiger partial charge in [0.2, 0.25) is 0 Å². The van der Waals surface area contributed by atoms with Gasteiger partial charge >= 0.3 is 0 Å². The molecule has 12 heteroatoms. The van der Waals surface area contributed by atoms with Gasteiger partial charge in [-0.25, -0.2) is 14.6 Å². The number of amides is 1. The summed E-state index contributed by atoms with van der Waals surface area (Å²) in [5.74, 6) is 2.36. The number of methoxy groups -OCH3 is 1. The van der Waals surface area contributed by atoms with Crippen LogP contribution in [-0.4, -0.2) is 51.9 Å². The Labute approximate surface area is 246 Å². The first-order valence-electron chi connectivity index (χ1n) is 13.5. The van der Waals surface area contributed by atoms with Crippen molar-refractivity contribution in [2.24, 2.45) is 0 Å². The van der Waals surface area contributed by atoms with Crippen LogP contribution in [0.4, 0.5) is 10.9 Å². The van der Waals surface area contributed by atoms with Crippen LogP contribution in [0.5, 0.6) is 17.2 Å². The fourth-order valence-electron chi connectivity index (χ4n) is 4.79. The van der Waals surface area contributed by atoms with Crippen LogP contribution in [0.25, 0.3) is 11.0 Å². The Kier molecular flexibility index (Phi) is 7.94. The van der Waals surface area contributed by atoms with Crippen LogP contribution >= 0.6 is 11.3 Å². The summed E-state index contributed by atoms with van der Waals surface area (Å²) in [4.78, 5) is 21.8. The quantitative estimate of drug-likeness (QED) is 0.219. The number of nitrogens with zero attached hydrogens (tertiary/aromatic N) is 5. The van der Waals surface area contributed by atoms with Crippen LogP contribution in [0.1, 0.15) is 33.6 Å². The second kappa shape index (κ2) is 12.3. The van der Waals surface area contributed by atoms with E-state index in [-0.39, 0.29) is 11.9 Å². The summed E-state index contributed by atoms with van der Waals surface area (Å²) in [6, 6.07) is 18.8. The second-order valence-electron chi connectivity index (χ2n) is 9.77. The van der Waals surface area contributed by atoms with Gasteiger partial charge in [-0.3, -0.25) is 10.1 Å². The zero-order valence-electron chi connectivity index (χ0n) is 22.8. The average molecular weight is 581 g/mol. The lowest BCUT2D eigenvalue weighted by molar-refractivity contribution is 0.102. The van der Waals surface area contributed by atoms with Gasteiger partial charge in [-0.2, -0.15) is 10.4 Å². The van der Waals surface area contributed by atoms with Gasteiger partial charge in [0.05, 0.1) is 19.9 Å². The molecule has 0 bridgehead atoms. The van der Waals surface area contributed by atoms with Gasteiger partial charge in [0.25, 0.3) is 5.91 Å². The summed E-state index contributed by atoms with van der Waals surface area (Å²) >= 11 is 1.12. The molecule has 1 fully saturated rings. The van der Waals surface area contributed by atoms with Gasteiger partial charge in [0.1, 0.15) is 33.6 Å². The van der Waals surface area contributed by atoms with Crippen LogP contribution in [0, 0.1) is 11.3 Å². The number of aromatic nitrogens is 4. The highest BCUT2D eigenvalue weighted by molar-refractivity contribution is 7.16. The number of piperidine rings is 1. The molecule has 212 valence electrons. The van der Waals surface area contributed by atoms with Gasteiger partial charge < -0.3 is 20.1 Å². The molecule has 0 aliphatic carbocycles. The van der Waals surface area contributed by atoms with E-state index in [9.17, 15) is 4.79 Å². The zero-order chi connectivity index (χ0) is 28.9. The largest absolute Gasteiger partial charge is 0.497 e. The number of pyridine rings is 1. The Hall–Kier alpha value is -4.99. The molecule has 0 saturated carbocycles. The standard InChI is InChI=1S/C30H28N8O3S/c1-40-22-8-4-19(5-9-22)18-38-28-26(27(37-38)35-21-3-2-13-32-16-21)25(12-14-33-28)41-23-10-6-20(7-11-23)29(39)36-30-34-17-24(15-31)42-30/h4-12,14,17,21,32H,2-3,13,16,18H2,1H3,(H,35,37)(H,34,36,39)/t21-/m1/s1. The summed E-state index contributed by atoms with van der Waals surface area (Å²) in [6.07, 6.45) is 5.27. The van der Waals surface area contributed by atoms with E-state index in [0.717, 1.165) is 54.0 Å². The van der Waals surface area contributed by atoms with E-state index >= 15 is 0 Å². The summed E-state index contributed by atoms with van der Waals surface area (Å²) in [6.45, 7) is 2.39. The number of ether oxygens (including phenoxy) is 2. The average Bonchev–Trinajstić information content (AvgIpc) is 3.63. The number of fused-ring (bicyclic) bond motifs is 1. The number of hydrogen-bond acceptors (Lipinski definition) is 10. The maximum atomic E-state index is 12.7. The molecule has 0 spiro atoms. The molecule has 0 unspecified atom stereocenters. The van der Waals surface area contributed by atoms with Crippen LogP contribution in [-0.2, 0) is 6.54 Å². The maximum Gasteiger partial charge on any atom is 0.257 e. The summed E-state index contributed by atoms with van der Waals surface area (Å²) in [5.41, 5.74) is 2.20. The number of rotatable bonds is 9.